The second-order valence-corrected chi connectivity index (χ2v) is 2.90. The Morgan fingerprint density at radius 2 is 2.00 bits per heavy atom. The molecule has 1 aromatic carbocycles. The van der Waals surface area contributed by atoms with Crippen LogP contribution in [-0.2, 0) is 11.2 Å². The highest BCUT2D eigenvalue weighted by molar-refractivity contribution is 5.86. The summed E-state index contributed by atoms with van der Waals surface area (Å²) in [5.74, 6) is -1.29. The van der Waals surface area contributed by atoms with Crippen molar-refractivity contribution >= 4 is 5.97 Å². The largest absolute Gasteiger partial charge is 0.508 e. The van der Waals surface area contributed by atoms with Gasteiger partial charge in [0.1, 0.15) is 11.5 Å². The lowest BCUT2D eigenvalue weighted by atomic mass is 10.1. The van der Waals surface area contributed by atoms with Crippen LogP contribution in [0.3, 0.4) is 0 Å². The number of aliphatic carboxylic acids is 1. The van der Waals surface area contributed by atoms with Crippen LogP contribution in [-0.4, -0.2) is 21.3 Å². The second-order valence-electron chi connectivity index (χ2n) is 2.90. The number of carboxylic acids is 1. The van der Waals surface area contributed by atoms with Gasteiger partial charge in [-0.3, -0.25) is 0 Å². The van der Waals surface area contributed by atoms with Crippen molar-refractivity contribution in [3.05, 3.63) is 35.9 Å². The third-order valence-electron chi connectivity index (χ3n) is 1.78. The van der Waals surface area contributed by atoms with Crippen molar-refractivity contribution in [3.8, 4) is 11.5 Å². The summed E-state index contributed by atoms with van der Waals surface area (Å²) in [5, 5.41) is 26.9. The van der Waals surface area contributed by atoms with Crippen molar-refractivity contribution in [1.82, 2.24) is 0 Å². The molecule has 3 N–H and O–H groups in total. The molecule has 1 rings (SSSR count). The first-order chi connectivity index (χ1) is 6.50. The van der Waals surface area contributed by atoms with Gasteiger partial charge in [-0.25, -0.2) is 4.79 Å². The maximum absolute atomic E-state index is 10.5. The molecule has 0 bridgehead atoms. The summed E-state index contributed by atoms with van der Waals surface area (Å²) in [4.78, 5) is 10.5. The van der Waals surface area contributed by atoms with E-state index in [1.807, 2.05) is 0 Å². The lowest BCUT2D eigenvalue weighted by Crippen LogP contribution is -2.02. The van der Waals surface area contributed by atoms with Crippen LogP contribution >= 0.6 is 0 Å². The number of aromatic hydroxyl groups is 2. The number of hydrogen-bond donors (Lipinski definition) is 3. The van der Waals surface area contributed by atoms with Crippen molar-refractivity contribution in [2.45, 2.75) is 6.42 Å². The zero-order chi connectivity index (χ0) is 10.7. The van der Waals surface area contributed by atoms with Gasteiger partial charge in [-0.15, -0.1) is 0 Å². The van der Waals surface area contributed by atoms with E-state index < -0.39 is 5.97 Å². The predicted octanol–water partition coefficient (Wildman–Crippen LogP) is 1.28. The van der Waals surface area contributed by atoms with Crippen molar-refractivity contribution in [3.63, 3.8) is 0 Å². The smallest absolute Gasteiger partial charge is 0.331 e. The first kappa shape index (κ1) is 10.1. The zero-order valence-corrected chi connectivity index (χ0v) is 7.40. The van der Waals surface area contributed by atoms with Gasteiger partial charge in [-0.05, 0) is 11.6 Å². The van der Waals surface area contributed by atoms with Gasteiger partial charge < -0.3 is 15.3 Å². The molecule has 4 nitrogen and oxygen atoms in total. The van der Waals surface area contributed by atoms with Crippen LogP contribution < -0.4 is 0 Å². The van der Waals surface area contributed by atoms with E-state index in [1.165, 1.54) is 12.1 Å². The molecule has 0 aromatic heterocycles. The van der Waals surface area contributed by atoms with Gasteiger partial charge >= 0.3 is 5.97 Å². The van der Waals surface area contributed by atoms with E-state index in [0.29, 0.717) is 5.56 Å². The summed E-state index contributed by atoms with van der Waals surface area (Å²) >= 11 is 0. The van der Waals surface area contributed by atoms with Crippen LogP contribution in [0.2, 0.25) is 0 Å². The molecule has 0 heterocycles. The Kier molecular flexibility index (Phi) is 2.76. The third-order valence-corrected chi connectivity index (χ3v) is 1.78. The molecule has 1 aromatic rings. The number of rotatable bonds is 3. The molecule has 0 saturated heterocycles. The van der Waals surface area contributed by atoms with Crippen LogP contribution in [0.1, 0.15) is 5.56 Å². The summed E-state index contributed by atoms with van der Waals surface area (Å²) in [6.45, 7) is 3.34. The van der Waals surface area contributed by atoms with Crippen LogP contribution in [0.5, 0.6) is 11.5 Å². The molecule has 74 valence electrons. The normalized spacial score (nSPS) is 9.71. The van der Waals surface area contributed by atoms with E-state index in [9.17, 15) is 9.90 Å². The monoisotopic (exact) mass is 194 g/mol. The van der Waals surface area contributed by atoms with Crippen molar-refractivity contribution in [2.75, 3.05) is 0 Å². The second kappa shape index (κ2) is 3.83. The first-order valence-corrected chi connectivity index (χ1v) is 3.92. The number of phenolic OH excluding ortho intramolecular Hbond substituents is 2. The van der Waals surface area contributed by atoms with E-state index >= 15 is 0 Å². The summed E-state index contributed by atoms with van der Waals surface area (Å²) in [6, 6.07) is 3.99. The summed E-state index contributed by atoms with van der Waals surface area (Å²) < 4.78 is 0. The molecule has 0 aliphatic rings. The van der Waals surface area contributed by atoms with Crippen LogP contribution in [0.25, 0.3) is 0 Å². The lowest BCUT2D eigenvalue weighted by Gasteiger charge is -2.04. The van der Waals surface area contributed by atoms with Gasteiger partial charge in [0.2, 0.25) is 0 Å². The fourth-order valence-electron chi connectivity index (χ4n) is 1.01. The maximum atomic E-state index is 10.5. The molecule has 14 heavy (non-hydrogen) atoms. The van der Waals surface area contributed by atoms with E-state index in [2.05, 4.69) is 6.58 Å². The van der Waals surface area contributed by atoms with Gasteiger partial charge in [0.05, 0.1) is 0 Å². The van der Waals surface area contributed by atoms with Gasteiger partial charge in [0, 0.05) is 18.1 Å². The number of carboxylic acid groups (broad SMARTS) is 1. The molecule has 0 aliphatic carbocycles. The van der Waals surface area contributed by atoms with Crippen LogP contribution in [0.4, 0.5) is 0 Å². The topological polar surface area (TPSA) is 77.8 Å². The summed E-state index contributed by atoms with van der Waals surface area (Å²) in [7, 11) is 0. The molecule has 0 amide bonds. The van der Waals surface area contributed by atoms with Gasteiger partial charge in [0.15, 0.2) is 0 Å². The Labute approximate surface area is 80.7 Å². The Balaban J connectivity index is 2.87. The number of hydrogen-bond acceptors (Lipinski definition) is 3. The van der Waals surface area contributed by atoms with E-state index in [4.69, 9.17) is 10.2 Å². The van der Waals surface area contributed by atoms with Crippen molar-refractivity contribution in [2.24, 2.45) is 0 Å². The van der Waals surface area contributed by atoms with E-state index in [-0.39, 0.29) is 23.5 Å². The molecule has 0 saturated carbocycles. The highest BCUT2D eigenvalue weighted by atomic mass is 16.4. The fourth-order valence-corrected chi connectivity index (χ4v) is 1.01. The average Bonchev–Trinajstić information content (AvgIpc) is 2.09. The Morgan fingerprint density at radius 1 is 1.36 bits per heavy atom. The molecular weight excluding hydrogens is 184 g/mol. The molecule has 0 fully saturated rings. The van der Waals surface area contributed by atoms with Crippen LogP contribution in [0.15, 0.2) is 30.4 Å². The quantitative estimate of drug-likeness (QED) is 0.633. The molecule has 4 heteroatoms. The Morgan fingerprint density at radius 3 is 2.50 bits per heavy atom. The van der Waals surface area contributed by atoms with Gasteiger partial charge in [-0.2, -0.15) is 0 Å². The molecule has 0 radical (unpaired) electrons. The number of benzene rings is 1. The van der Waals surface area contributed by atoms with Gasteiger partial charge in [-0.1, -0.05) is 12.6 Å². The third kappa shape index (κ3) is 2.26. The fraction of sp³-hybridized carbons (Fsp3) is 0.100. The minimum absolute atomic E-state index is 0.00834. The van der Waals surface area contributed by atoms with Crippen molar-refractivity contribution in [1.29, 1.82) is 0 Å². The Hall–Kier alpha value is -1.97. The molecule has 0 aliphatic heterocycles. The SMILES string of the molecule is C=C(Cc1ccc(O)cc1O)C(=O)O. The van der Waals surface area contributed by atoms with E-state index in [0.717, 1.165) is 6.07 Å². The van der Waals surface area contributed by atoms with Crippen LogP contribution in [0, 0.1) is 0 Å². The lowest BCUT2D eigenvalue weighted by molar-refractivity contribution is -0.132. The highest BCUT2D eigenvalue weighted by Gasteiger charge is 2.08. The maximum Gasteiger partial charge on any atom is 0.331 e. The molecule has 0 unspecified atom stereocenters. The molecular formula is C10H10O4. The van der Waals surface area contributed by atoms with Gasteiger partial charge in [0.25, 0.3) is 0 Å². The average molecular weight is 194 g/mol. The first-order valence-electron chi connectivity index (χ1n) is 3.92. The minimum Gasteiger partial charge on any atom is -0.508 e. The predicted molar refractivity (Wildman–Crippen MR) is 50.3 cm³/mol. The summed E-state index contributed by atoms with van der Waals surface area (Å²) in [6.07, 6.45) is 0.0570. The standard InChI is InChI=1S/C10H10O4/c1-6(10(13)14)4-7-2-3-8(11)5-9(7)12/h2-3,5,11-12H,1,4H2,(H,13,14). The number of carbonyl (C=O) groups is 1. The molecule has 0 atom stereocenters. The highest BCUT2D eigenvalue weighted by Crippen LogP contribution is 2.24. The number of phenols is 2. The van der Waals surface area contributed by atoms with E-state index in [1.54, 1.807) is 0 Å². The molecule has 0 spiro atoms. The van der Waals surface area contributed by atoms with Crippen molar-refractivity contribution < 1.29 is 20.1 Å². The zero-order valence-electron chi connectivity index (χ0n) is 7.40. The Bertz CT molecular complexity index is 382. The minimum atomic E-state index is -1.10. The summed E-state index contributed by atoms with van der Waals surface area (Å²) in [5.41, 5.74) is 0.418.